The molecule has 0 saturated carbocycles. The second kappa shape index (κ2) is 8.73. The normalized spacial score (nSPS) is 11.0. The number of fused-ring (bicyclic) bond motifs is 1. The largest absolute Gasteiger partial charge is 0.497 e. The average molecular weight is 434 g/mol. The van der Waals surface area contributed by atoms with Crippen LogP contribution in [-0.4, -0.2) is 17.1 Å². The molecule has 0 fully saturated rings. The van der Waals surface area contributed by atoms with E-state index >= 15 is 0 Å². The molecule has 0 spiro atoms. The zero-order valence-electron chi connectivity index (χ0n) is 18.2. The molecular formula is C28H23N3O2. The highest BCUT2D eigenvalue weighted by Gasteiger charge is 2.16. The number of nitrogens with one attached hydrogen (secondary N) is 1. The first-order valence-electron chi connectivity index (χ1n) is 10.7. The van der Waals surface area contributed by atoms with Crippen LogP contribution < -0.4 is 16.0 Å². The lowest BCUT2D eigenvalue weighted by Crippen LogP contribution is -2.08. The highest BCUT2D eigenvalue weighted by Crippen LogP contribution is 2.35. The van der Waals surface area contributed by atoms with E-state index in [-0.39, 0.29) is 5.56 Å². The van der Waals surface area contributed by atoms with E-state index in [1.54, 1.807) is 13.3 Å². The van der Waals surface area contributed by atoms with Gasteiger partial charge >= 0.3 is 0 Å². The quantitative estimate of drug-likeness (QED) is 0.389. The van der Waals surface area contributed by atoms with Gasteiger partial charge in [-0.25, -0.2) is 4.98 Å². The van der Waals surface area contributed by atoms with E-state index in [4.69, 9.17) is 15.5 Å². The SMILES string of the molecule is COc1ccc(-c2c[nH]c(=O)c3cc(-c4ccccc4)c(-c4ccc(CN)cc4)nc23)cc1. The van der Waals surface area contributed by atoms with Crippen LogP contribution in [-0.2, 0) is 6.54 Å². The second-order valence-corrected chi connectivity index (χ2v) is 7.81. The van der Waals surface area contributed by atoms with Gasteiger partial charge in [0.05, 0.1) is 23.7 Å². The predicted octanol–water partition coefficient (Wildman–Crippen LogP) is 5.39. The lowest BCUT2D eigenvalue weighted by molar-refractivity contribution is 0.415. The summed E-state index contributed by atoms with van der Waals surface area (Å²) in [7, 11) is 1.64. The van der Waals surface area contributed by atoms with Crippen LogP contribution in [0.1, 0.15) is 5.56 Å². The number of nitrogens with zero attached hydrogens (tertiary/aromatic N) is 1. The molecule has 5 heteroatoms. The van der Waals surface area contributed by atoms with Crippen molar-refractivity contribution in [2.24, 2.45) is 5.73 Å². The van der Waals surface area contributed by atoms with Crippen molar-refractivity contribution in [3.63, 3.8) is 0 Å². The average Bonchev–Trinajstić information content (AvgIpc) is 2.89. The molecule has 5 rings (SSSR count). The lowest BCUT2D eigenvalue weighted by atomic mass is 9.95. The molecule has 0 amide bonds. The van der Waals surface area contributed by atoms with E-state index in [0.717, 1.165) is 44.8 Å². The van der Waals surface area contributed by atoms with Crippen molar-refractivity contribution in [1.29, 1.82) is 0 Å². The fourth-order valence-corrected chi connectivity index (χ4v) is 4.02. The topological polar surface area (TPSA) is 81.0 Å². The molecule has 5 nitrogen and oxygen atoms in total. The molecule has 33 heavy (non-hydrogen) atoms. The number of aromatic amines is 1. The molecule has 0 aliphatic carbocycles. The van der Waals surface area contributed by atoms with E-state index in [0.29, 0.717) is 17.4 Å². The van der Waals surface area contributed by atoms with Gasteiger partial charge in [-0.3, -0.25) is 4.79 Å². The van der Waals surface area contributed by atoms with Crippen molar-refractivity contribution >= 4 is 10.9 Å². The highest BCUT2D eigenvalue weighted by atomic mass is 16.5. The zero-order valence-corrected chi connectivity index (χ0v) is 18.2. The molecule has 162 valence electrons. The number of rotatable bonds is 5. The second-order valence-electron chi connectivity index (χ2n) is 7.81. The standard InChI is InChI=1S/C28H23N3O2/c1-33-22-13-11-20(12-14-22)25-17-30-28(32)24-15-23(19-5-3-2-4-6-19)26(31-27(24)25)21-9-7-18(16-29)8-10-21/h2-15,17H,16,29H2,1H3,(H,30,32). The smallest absolute Gasteiger partial charge is 0.257 e. The molecule has 0 aliphatic rings. The molecule has 2 aromatic heterocycles. The molecule has 0 unspecified atom stereocenters. The van der Waals surface area contributed by atoms with Crippen LogP contribution in [0.3, 0.4) is 0 Å². The minimum atomic E-state index is -0.169. The number of methoxy groups -OCH3 is 1. The van der Waals surface area contributed by atoms with Crippen molar-refractivity contribution < 1.29 is 4.74 Å². The Morgan fingerprint density at radius 3 is 2.18 bits per heavy atom. The van der Waals surface area contributed by atoms with Crippen molar-refractivity contribution in [2.75, 3.05) is 7.11 Å². The molecule has 0 saturated heterocycles. The number of H-pyrrole nitrogens is 1. The maximum atomic E-state index is 12.8. The van der Waals surface area contributed by atoms with Gasteiger partial charge in [0.1, 0.15) is 5.75 Å². The molecular weight excluding hydrogens is 410 g/mol. The molecule has 0 radical (unpaired) electrons. The first-order chi connectivity index (χ1) is 16.2. The Labute approximate surface area is 191 Å². The van der Waals surface area contributed by atoms with Gasteiger partial charge in [-0.05, 0) is 34.9 Å². The maximum absolute atomic E-state index is 12.8. The van der Waals surface area contributed by atoms with Crippen molar-refractivity contribution in [1.82, 2.24) is 9.97 Å². The Balaban J connectivity index is 1.80. The summed E-state index contributed by atoms with van der Waals surface area (Å²) in [6.45, 7) is 0.480. The predicted molar refractivity (Wildman–Crippen MR) is 133 cm³/mol. The van der Waals surface area contributed by atoms with Crippen molar-refractivity contribution in [3.8, 4) is 39.3 Å². The minimum Gasteiger partial charge on any atom is -0.497 e. The molecule has 2 heterocycles. The molecule has 0 atom stereocenters. The number of ether oxygens (including phenoxy) is 1. The van der Waals surface area contributed by atoms with Crippen LogP contribution in [0.2, 0.25) is 0 Å². The van der Waals surface area contributed by atoms with E-state index < -0.39 is 0 Å². The third-order valence-electron chi connectivity index (χ3n) is 5.82. The van der Waals surface area contributed by atoms with E-state index in [1.807, 2.05) is 84.9 Å². The Morgan fingerprint density at radius 2 is 1.52 bits per heavy atom. The third kappa shape index (κ3) is 3.90. The Morgan fingerprint density at radius 1 is 0.848 bits per heavy atom. The van der Waals surface area contributed by atoms with Gasteiger partial charge in [0.25, 0.3) is 5.56 Å². The maximum Gasteiger partial charge on any atom is 0.257 e. The minimum absolute atomic E-state index is 0.169. The molecule has 3 N–H and O–H groups in total. The van der Waals surface area contributed by atoms with Gasteiger partial charge < -0.3 is 15.5 Å². The summed E-state index contributed by atoms with van der Waals surface area (Å²) in [4.78, 5) is 20.8. The van der Waals surface area contributed by atoms with Crippen LogP contribution in [0.25, 0.3) is 44.4 Å². The Hall–Kier alpha value is -4.22. The van der Waals surface area contributed by atoms with E-state index in [2.05, 4.69) is 4.98 Å². The van der Waals surface area contributed by atoms with Gasteiger partial charge in [0.15, 0.2) is 0 Å². The number of pyridine rings is 2. The van der Waals surface area contributed by atoms with Crippen LogP contribution >= 0.6 is 0 Å². The van der Waals surface area contributed by atoms with E-state index in [1.165, 1.54) is 0 Å². The molecule has 0 aliphatic heterocycles. The fraction of sp³-hybridized carbons (Fsp3) is 0.0714. The zero-order chi connectivity index (χ0) is 22.8. The monoisotopic (exact) mass is 433 g/mol. The van der Waals surface area contributed by atoms with Gasteiger partial charge in [-0.2, -0.15) is 0 Å². The summed E-state index contributed by atoms with van der Waals surface area (Å²) >= 11 is 0. The fourth-order valence-electron chi connectivity index (χ4n) is 4.02. The van der Waals surface area contributed by atoms with Crippen LogP contribution in [0.5, 0.6) is 5.75 Å². The first kappa shape index (κ1) is 20.7. The summed E-state index contributed by atoms with van der Waals surface area (Å²) in [5.41, 5.74) is 12.8. The van der Waals surface area contributed by atoms with Gasteiger partial charge in [0, 0.05) is 29.4 Å². The number of hydrogen-bond acceptors (Lipinski definition) is 4. The van der Waals surface area contributed by atoms with Crippen LogP contribution in [0.4, 0.5) is 0 Å². The molecule has 5 aromatic rings. The number of hydrogen-bond donors (Lipinski definition) is 2. The van der Waals surface area contributed by atoms with Crippen LogP contribution in [0.15, 0.2) is 95.9 Å². The lowest BCUT2D eigenvalue weighted by Gasteiger charge is -2.14. The summed E-state index contributed by atoms with van der Waals surface area (Å²) in [5, 5.41) is 0.546. The number of aromatic nitrogens is 2. The summed E-state index contributed by atoms with van der Waals surface area (Å²) in [5.74, 6) is 0.771. The summed E-state index contributed by atoms with van der Waals surface area (Å²) in [6.07, 6.45) is 1.73. The number of benzene rings is 3. The first-order valence-corrected chi connectivity index (χ1v) is 10.7. The van der Waals surface area contributed by atoms with Gasteiger partial charge in [0.2, 0.25) is 0 Å². The summed E-state index contributed by atoms with van der Waals surface area (Å²) in [6, 6.07) is 27.8. The molecule has 3 aromatic carbocycles. The van der Waals surface area contributed by atoms with Gasteiger partial charge in [-0.15, -0.1) is 0 Å². The third-order valence-corrected chi connectivity index (χ3v) is 5.82. The van der Waals surface area contributed by atoms with Crippen LogP contribution in [0, 0.1) is 0 Å². The number of nitrogens with two attached hydrogens (primary N) is 1. The summed E-state index contributed by atoms with van der Waals surface area (Å²) < 4.78 is 5.29. The Kier molecular flexibility index (Phi) is 5.47. The van der Waals surface area contributed by atoms with Gasteiger partial charge in [-0.1, -0.05) is 66.7 Å². The van der Waals surface area contributed by atoms with Crippen molar-refractivity contribution in [2.45, 2.75) is 6.54 Å². The Bertz CT molecular complexity index is 1470. The molecule has 0 bridgehead atoms. The van der Waals surface area contributed by atoms with Crippen molar-refractivity contribution in [3.05, 3.63) is 107 Å². The van der Waals surface area contributed by atoms with E-state index in [9.17, 15) is 4.79 Å². The highest BCUT2D eigenvalue weighted by molar-refractivity contribution is 5.98.